The van der Waals surface area contributed by atoms with E-state index < -0.39 is 17.3 Å². The van der Waals surface area contributed by atoms with E-state index in [1.54, 1.807) is 12.4 Å². The Balaban J connectivity index is 0.955. The second-order valence-corrected chi connectivity index (χ2v) is 12.1. The first-order valence-electron chi connectivity index (χ1n) is 14.8. The Bertz CT molecular complexity index is 1350. The van der Waals surface area contributed by atoms with Gasteiger partial charge >= 0.3 is 6.18 Å². The number of oxazole rings is 1. The molecule has 3 aromatic rings. The normalized spacial score (nSPS) is 25.6. The van der Waals surface area contributed by atoms with Gasteiger partial charge in [-0.2, -0.15) is 13.2 Å². The van der Waals surface area contributed by atoms with Crippen molar-refractivity contribution in [3.8, 4) is 11.5 Å². The summed E-state index contributed by atoms with van der Waals surface area (Å²) in [6.07, 6.45) is 8.05. The third-order valence-corrected chi connectivity index (χ3v) is 9.36. The van der Waals surface area contributed by atoms with Crippen LogP contribution in [0.15, 0.2) is 53.5 Å². The van der Waals surface area contributed by atoms with Crippen molar-refractivity contribution >= 4 is 11.7 Å². The van der Waals surface area contributed by atoms with Gasteiger partial charge < -0.3 is 19.3 Å². The Morgan fingerprint density at radius 1 is 0.976 bits per heavy atom. The maximum Gasteiger partial charge on any atom is 0.416 e. The zero-order valence-electron chi connectivity index (χ0n) is 23.5. The van der Waals surface area contributed by atoms with E-state index in [1.807, 2.05) is 21.9 Å². The Morgan fingerprint density at radius 3 is 2.43 bits per heavy atom. The van der Waals surface area contributed by atoms with Crippen LogP contribution in [0, 0.1) is 17.8 Å². The van der Waals surface area contributed by atoms with Gasteiger partial charge in [0.25, 0.3) is 0 Å². The average Bonchev–Trinajstić information content (AvgIpc) is 3.71. The SMILES string of the molecule is O=C(C1CCN(c2cc(C(F)(F)F)ccn2)CC1)N1CCC(CC2CCC(O)(c3ccc(-c4ncco4)cn3)CC2)C1. The number of hydrogen-bond donors (Lipinski definition) is 1. The summed E-state index contributed by atoms with van der Waals surface area (Å²) >= 11 is 0. The average molecular weight is 584 g/mol. The molecule has 6 rings (SSSR count). The molecule has 0 bridgehead atoms. The molecule has 1 N–H and O–H groups in total. The largest absolute Gasteiger partial charge is 0.444 e. The first kappa shape index (κ1) is 28.6. The fourth-order valence-electron chi connectivity index (χ4n) is 6.89. The van der Waals surface area contributed by atoms with E-state index in [-0.39, 0.29) is 11.8 Å². The molecule has 2 aliphatic heterocycles. The van der Waals surface area contributed by atoms with Gasteiger partial charge in [-0.3, -0.25) is 9.78 Å². The molecule has 1 amide bonds. The molecular formula is C31H36F3N5O3. The van der Waals surface area contributed by atoms with E-state index >= 15 is 0 Å². The van der Waals surface area contributed by atoms with Crippen molar-refractivity contribution in [2.24, 2.45) is 17.8 Å². The zero-order valence-corrected chi connectivity index (χ0v) is 23.5. The number of aromatic nitrogens is 3. The van der Waals surface area contributed by atoms with Crippen LogP contribution in [-0.4, -0.2) is 57.0 Å². The predicted molar refractivity (Wildman–Crippen MR) is 149 cm³/mol. The second-order valence-electron chi connectivity index (χ2n) is 12.1. The van der Waals surface area contributed by atoms with Gasteiger partial charge in [-0.15, -0.1) is 0 Å². The third-order valence-electron chi connectivity index (χ3n) is 9.36. The molecule has 3 aliphatic rings. The van der Waals surface area contributed by atoms with Crippen molar-refractivity contribution in [2.75, 3.05) is 31.1 Å². The second kappa shape index (κ2) is 11.7. The highest BCUT2D eigenvalue weighted by Crippen LogP contribution is 2.42. The van der Waals surface area contributed by atoms with Crippen LogP contribution in [0.2, 0.25) is 0 Å². The number of anilines is 1. The first-order valence-corrected chi connectivity index (χ1v) is 14.8. The summed E-state index contributed by atoms with van der Waals surface area (Å²) in [5.41, 5.74) is -0.170. The van der Waals surface area contributed by atoms with E-state index in [9.17, 15) is 23.1 Å². The number of halogens is 3. The molecule has 2 saturated heterocycles. The van der Waals surface area contributed by atoms with Crippen LogP contribution in [0.5, 0.6) is 0 Å². The molecule has 3 aromatic heterocycles. The van der Waals surface area contributed by atoms with Crippen molar-refractivity contribution in [3.05, 3.63) is 60.4 Å². The van der Waals surface area contributed by atoms with Crippen molar-refractivity contribution in [1.29, 1.82) is 0 Å². The van der Waals surface area contributed by atoms with Gasteiger partial charge in [0, 0.05) is 44.5 Å². The summed E-state index contributed by atoms with van der Waals surface area (Å²) < 4.78 is 44.6. The summed E-state index contributed by atoms with van der Waals surface area (Å²) in [6, 6.07) is 5.81. The summed E-state index contributed by atoms with van der Waals surface area (Å²) in [5.74, 6) is 1.87. The number of rotatable bonds is 6. The molecule has 0 spiro atoms. The maximum absolute atomic E-state index is 13.3. The lowest BCUT2D eigenvalue weighted by molar-refractivity contribution is -0.137. The lowest BCUT2D eigenvalue weighted by Crippen LogP contribution is -2.42. The lowest BCUT2D eigenvalue weighted by Gasteiger charge is -2.36. The van der Waals surface area contributed by atoms with Crippen molar-refractivity contribution in [3.63, 3.8) is 0 Å². The number of nitrogens with zero attached hydrogens (tertiary/aromatic N) is 5. The summed E-state index contributed by atoms with van der Waals surface area (Å²) in [4.78, 5) is 29.9. The van der Waals surface area contributed by atoms with Crippen molar-refractivity contribution in [2.45, 2.75) is 63.1 Å². The molecule has 1 atom stereocenters. The number of likely N-dealkylation sites (tertiary alicyclic amines) is 1. The topological polar surface area (TPSA) is 95.6 Å². The van der Waals surface area contributed by atoms with E-state index in [0.717, 1.165) is 56.5 Å². The fraction of sp³-hybridized carbons (Fsp3) is 0.548. The molecule has 5 heterocycles. The summed E-state index contributed by atoms with van der Waals surface area (Å²) in [6.45, 7) is 2.56. The minimum Gasteiger partial charge on any atom is -0.444 e. The first-order chi connectivity index (χ1) is 20.2. The van der Waals surface area contributed by atoms with Gasteiger partial charge in [-0.05, 0) is 87.5 Å². The van der Waals surface area contributed by atoms with Gasteiger partial charge in [0.05, 0.1) is 23.0 Å². The van der Waals surface area contributed by atoms with Crippen LogP contribution >= 0.6 is 0 Å². The molecule has 1 saturated carbocycles. The minimum absolute atomic E-state index is 0.0991. The molecule has 1 aliphatic carbocycles. The molecule has 0 radical (unpaired) electrons. The van der Waals surface area contributed by atoms with Crippen LogP contribution in [-0.2, 0) is 16.6 Å². The molecular weight excluding hydrogens is 547 g/mol. The minimum atomic E-state index is -4.40. The predicted octanol–water partition coefficient (Wildman–Crippen LogP) is 5.68. The van der Waals surface area contributed by atoms with Gasteiger partial charge in [-0.1, -0.05) is 0 Å². The van der Waals surface area contributed by atoms with Gasteiger partial charge in [0.1, 0.15) is 17.7 Å². The fourth-order valence-corrected chi connectivity index (χ4v) is 6.89. The van der Waals surface area contributed by atoms with E-state index in [1.165, 1.54) is 12.5 Å². The highest BCUT2D eigenvalue weighted by atomic mass is 19.4. The highest BCUT2D eigenvalue weighted by molar-refractivity contribution is 5.79. The molecule has 3 fully saturated rings. The van der Waals surface area contributed by atoms with Crippen LogP contribution in [0.4, 0.5) is 19.0 Å². The lowest BCUT2D eigenvalue weighted by atomic mass is 9.74. The standard InChI is InChI=1S/C31H36F3N5O3/c32-31(33,34)25-5-11-35-27(18-25)38-14-7-23(8-15-38)29(40)39-13-6-22(20-39)17-21-3-9-30(41,10-4-21)26-2-1-24(19-37-26)28-36-12-16-42-28/h1-2,5,11-12,16,18-19,21-23,41H,3-4,6-10,13-15,17,20H2. The Morgan fingerprint density at radius 2 is 1.76 bits per heavy atom. The monoisotopic (exact) mass is 583 g/mol. The quantitative estimate of drug-likeness (QED) is 0.399. The number of piperidine rings is 1. The Labute approximate surface area is 243 Å². The van der Waals surface area contributed by atoms with Gasteiger partial charge in [0.15, 0.2) is 0 Å². The summed E-state index contributed by atoms with van der Waals surface area (Å²) in [7, 11) is 0. The van der Waals surface area contributed by atoms with Crippen LogP contribution < -0.4 is 4.90 Å². The molecule has 42 heavy (non-hydrogen) atoms. The van der Waals surface area contributed by atoms with Crippen LogP contribution in [0.1, 0.15) is 62.6 Å². The number of hydrogen-bond acceptors (Lipinski definition) is 7. The maximum atomic E-state index is 13.3. The van der Waals surface area contributed by atoms with Crippen molar-refractivity contribution in [1.82, 2.24) is 19.9 Å². The van der Waals surface area contributed by atoms with Gasteiger partial charge in [0.2, 0.25) is 11.8 Å². The van der Waals surface area contributed by atoms with E-state index in [2.05, 4.69) is 15.0 Å². The molecule has 8 nitrogen and oxygen atoms in total. The van der Waals surface area contributed by atoms with Gasteiger partial charge in [-0.25, -0.2) is 9.97 Å². The number of alkyl halides is 3. The molecule has 224 valence electrons. The molecule has 11 heteroatoms. The van der Waals surface area contributed by atoms with Crippen molar-refractivity contribution < 1.29 is 27.5 Å². The van der Waals surface area contributed by atoms with E-state index in [4.69, 9.17) is 4.42 Å². The Kier molecular flexibility index (Phi) is 7.95. The number of aliphatic hydroxyl groups is 1. The van der Waals surface area contributed by atoms with Crippen LogP contribution in [0.3, 0.4) is 0 Å². The Hall–Kier alpha value is -3.47. The summed E-state index contributed by atoms with van der Waals surface area (Å²) in [5, 5.41) is 11.3. The zero-order chi connectivity index (χ0) is 29.3. The highest BCUT2D eigenvalue weighted by Gasteiger charge is 2.39. The number of carbonyl (C=O) groups excluding carboxylic acids is 1. The molecule has 0 aromatic carbocycles. The smallest absolute Gasteiger partial charge is 0.416 e. The van der Waals surface area contributed by atoms with Crippen LogP contribution in [0.25, 0.3) is 11.5 Å². The molecule has 1 unspecified atom stereocenters. The number of amides is 1. The number of pyridine rings is 2. The van der Waals surface area contributed by atoms with E-state index in [0.29, 0.717) is 68.0 Å². The third kappa shape index (κ3) is 6.16. The number of carbonyl (C=O) groups is 1.